The van der Waals surface area contributed by atoms with Crippen molar-refractivity contribution in [1.29, 1.82) is 0 Å². The maximum atomic E-state index is 12.8. The molecule has 1 fully saturated rings. The molecule has 3 nitrogen and oxygen atoms in total. The Hall–Kier alpha value is -1.49. The molecule has 0 aromatic heterocycles. The first-order valence-electron chi connectivity index (χ1n) is 7.53. The average Bonchev–Trinajstić information content (AvgIpc) is 2.97. The van der Waals surface area contributed by atoms with Crippen LogP contribution in [0.15, 0.2) is 53.4 Å². The summed E-state index contributed by atoms with van der Waals surface area (Å²) in [6.45, 7) is 1.18. The summed E-state index contributed by atoms with van der Waals surface area (Å²) in [6, 6.07) is 15.6. The molecule has 0 aliphatic carbocycles. The molecule has 23 heavy (non-hydrogen) atoms. The van der Waals surface area contributed by atoms with Crippen LogP contribution in [0.3, 0.4) is 0 Å². The predicted octanol–water partition coefficient (Wildman–Crippen LogP) is 3.63. The van der Waals surface area contributed by atoms with E-state index in [-0.39, 0.29) is 17.9 Å². The van der Waals surface area contributed by atoms with Crippen molar-refractivity contribution in [2.75, 3.05) is 19.3 Å². The first-order valence-corrected chi connectivity index (χ1v) is 9.13. The van der Waals surface area contributed by atoms with Crippen LogP contribution in [0.1, 0.15) is 21.8 Å². The van der Waals surface area contributed by atoms with E-state index in [9.17, 15) is 4.79 Å². The quantitative estimate of drug-likeness (QED) is 0.863. The normalized spacial score (nSPS) is 20.7. The van der Waals surface area contributed by atoms with Crippen molar-refractivity contribution in [3.8, 4) is 0 Å². The highest BCUT2D eigenvalue weighted by atomic mass is 35.5. The highest BCUT2D eigenvalue weighted by Crippen LogP contribution is 2.30. The molecule has 0 bridgehead atoms. The van der Waals surface area contributed by atoms with E-state index in [0.29, 0.717) is 23.7 Å². The monoisotopic (exact) mass is 346 g/mol. The van der Waals surface area contributed by atoms with E-state index in [1.165, 1.54) is 5.56 Å². The van der Waals surface area contributed by atoms with Crippen LogP contribution in [0.25, 0.3) is 0 Å². The molecule has 2 atom stereocenters. The smallest absolute Gasteiger partial charge is 0.255 e. The van der Waals surface area contributed by atoms with Crippen molar-refractivity contribution in [1.82, 2.24) is 4.90 Å². The van der Waals surface area contributed by atoms with E-state index in [1.54, 1.807) is 17.8 Å². The number of likely N-dealkylation sites (tertiary alicyclic amines) is 1. The van der Waals surface area contributed by atoms with Gasteiger partial charge in [-0.1, -0.05) is 41.9 Å². The van der Waals surface area contributed by atoms with Gasteiger partial charge in [-0.2, -0.15) is 0 Å². The fourth-order valence-electron chi connectivity index (χ4n) is 3.01. The van der Waals surface area contributed by atoms with Crippen molar-refractivity contribution in [2.45, 2.75) is 16.9 Å². The number of benzene rings is 2. The first kappa shape index (κ1) is 16.4. The molecule has 120 valence electrons. The van der Waals surface area contributed by atoms with Gasteiger partial charge in [0.05, 0.1) is 10.6 Å². The van der Waals surface area contributed by atoms with Crippen LogP contribution in [0, 0.1) is 0 Å². The topological polar surface area (TPSA) is 46.3 Å². The molecule has 1 aliphatic heterocycles. The molecule has 2 aromatic rings. The van der Waals surface area contributed by atoms with Crippen LogP contribution < -0.4 is 5.73 Å². The summed E-state index contributed by atoms with van der Waals surface area (Å²) in [5, 5.41) is 0.490. The minimum atomic E-state index is -0.0520. The van der Waals surface area contributed by atoms with E-state index < -0.39 is 0 Å². The van der Waals surface area contributed by atoms with Gasteiger partial charge in [0, 0.05) is 29.9 Å². The van der Waals surface area contributed by atoms with Crippen LogP contribution in [0.2, 0.25) is 5.02 Å². The predicted molar refractivity (Wildman–Crippen MR) is 96.3 cm³/mol. The molecule has 5 heteroatoms. The van der Waals surface area contributed by atoms with Crippen molar-refractivity contribution in [3.05, 3.63) is 64.7 Å². The summed E-state index contributed by atoms with van der Waals surface area (Å²) in [4.78, 5) is 15.7. The molecule has 0 radical (unpaired) electrons. The van der Waals surface area contributed by atoms with Gasteiger partial charge in [-0.05, 0) is 30.0 Å². The Morgan fingerprint density at radius 1 is 1.22 bits per heavy atom. The second kappa shape index (κ2) is 6.95. The van der Waals surface area contributed by atoms with Crippen LogP contribution in [-0.4, -0.2) is 36.2 Å². The number of nitrogens with zero attached hydrogens (tertiary/aromatic N) is 1. The van der Waals surface area contributed by atoms with Gasteiger partial charge in [0.1, 0.15) is 0 Å². The van der Waals surface area contributed by atoms with Gasteiger partial charge in [-0.25, -0.2) is 0 Å². The van der Waals surface area contributed by atoms with E-state index in [4.69, 9.17) is 17.3 Å². The Bertz CT molecular complexity index is 707. The molecular weight excluding hydrogens is 328 g/mol. The fraction of sp³-hybridized carbons (Fsp3) is 0.278. The van der Waals surface area contributed by atoms with Gasteiger partial charge in [0.25, 0.3) is 5.91 Å². The summed E-state index contributed by atoms with van der Waals surface area (Å²) in [7, 11) is 0. The molecule has 1 aliphatic rings. The summed E-state index contributed by atoms with van der Waals surface area (Å²) < 4.78 is 0. The molecule has 2 aromatic carbocycles. The van der Waals surface area contributed by atoms with Crippen LogP contribution >= 0.6 is 23.4 Å². The Labute approximate surface area is 145 Å². The third-order valence-electron chi connectivity index (χ3n) is 4.28. The first-order chi connectivity index (χ1) is 11.1. The zero-order valence-corrected chi connectivity index (χ0v) is 14.5. The van der Waals surface area contributed by atoms with Crippen molar-refractivity contribution >= 4 is 29.3 Å². The van der Waals surface area contributed by atoms with Crippen LogP contribution in [0.4, 0.5) is 0 Å². The van der Waals surface area contributed by atoms with Crippen molar-refractivity contribution in [3.63, 3.8) is 0 Å². The number of carbonyl (C=O) groups excluding carboxylic acids is 1. The number of carbonyl (C=O) groups is 1. The third-order valence-corrected chi connectivity index (χ3v) is 5.34. The molecular formula is C18H19ClN2OS. The Morgan fingerprint density at radius 2 is 1.96 bits per heavy atom. The number of hydrogen-bond acceptors (Lipinski definition) is 3. The number of halogens is 1. The van der Waals surface area contributed by atoms with E-state index in [1.807, 2.05) is 41.5 Å². The molecule has 3 rings (SSSR count). The summed E-state index contributed by atoms with van der Waals surface area (Å²) in [5.41, 5.74) is 8.02. The number of nitrogens with two attached hydrogens (primary N) is 1. The SMILES string of the molecule is CSc1ccc(Cl)c(C(=O)N2C[C@@H](N)[C@H](c3ccccc3)C2)c1. The lowest BCUT2D eigenvalue weighted by Gasteiger charge is -2.17. The van der Waals surface area contributed by atoms with E-state index in [2.05, 4.69) is 12.1 Å². The minimum Gasteiger partial charge on any atom is -0.336 e. The number of hydrogen-bond donors (Lipinski definition) is 1. The van der Waals surface area contributed by atoms with Crippen molar-refractivity contribution in [2.24, 2.45) is 5.73 Å². The molecule has 0 unspecified atom stereocenters. The Kier molecular flexibility index (Phi) is 4.95. The Balaban J connectivity index is 1.82. The van der Waals surface area contributed by atoms with Gasteiger partial charge in [-0.15, -0.1) is 11.8 Å². The lowest BCUT2D eigenvalue weighted by Crippen LogP contribution is -2.32. The summed E-state index contributed by atoms with van der Waals surface area (Å²) in [5.74, 6) is 0.127. The zero-order chi connectivity index (χ0) is 16.4. The molecule has 1 heterocycles. The summed E-state index contributed by atoms with van der Waals surface area (Å²) in [6.07, 6.45) is 1.98. The highest BCUT2D eigenvalue weighted by molar-refractivity contribution is 7.98. The summed E-state index contributed by atoms with van der Waals surface area (Å²) >= 11 is 7.82. The van der Waals surface area contributed by atoms with Gasteiger partial charge in [0.15, 0.2) is 0 Å². The Morgan fingerprint density at radius 3 is 2.65 bits per heavy atom. The number of rotatable bonds is 3. The lowest BCUT2D eigenvalue weighted by molar-refractivity contribution is 0.0789. The number of amides is 1. The maximum absolute atomic E-state index is 12.8. The molecule has 1 saturated heterocycles. The van der Waals surface area contributed by atoms with E-state index >= 15 is 0 Å². The van der Waals surface area contributed by atoms with E-state index in [0.717, 1.165) is 4.90 Å². The highest BCUT2D eigenvalue weighted by Gasteiger charge is 2.34. The second-order valence-corrected chi connectivity index (χ2v) is 7.02. The standard InChI is InChI=1S/C18H19ClN2OS/c1-23-13-7-8-16(19)14(9-13)18(22)21-10-15(17(20)11-21)12-5-3-2-4-6-12/h2-9,15,17H,10-11,20H2,1H3/t15-,17+/m0/s1. The van der Waals surface area contributed by atoms with Crippen LogP contribution in [0.5, 0.6) is 0 Å². The van der Waals surface area contributed by atoms with Gasteiger partial charge < -0.3 is 10.6 Å². The molecule has 0 saturated carbocycles. The second-order valence-electron chi connectivity index (χ2n) is 5.74. The maximum Gasteiger partial charge on any atom is 0.255 e. The molecule has 0 spiro atoms. The molecule has 2 N–H and O–H groups in total. The third kappa shape index (κ3) is 3.39. The average molecular weight is 347 g/mol. The number of thioether (sulfide) groups is 1. The van der Waals surface area contributed by atoms with Gasteiger partial charge in [0.2, 0.25) is 0 Å². The zero-order valence-electron chi connectivity index (χ0n) is 12.9. The van der Waals surface area contributed by atoms with Gasteiger partial charge in [-0.3, -0.25) is 4.79 Å². The fourth-order valence-corrected chi connectivity index (χ4v) is 3.65. The van der Waals surface area contributed by atoms with Crippen molar-refractivity contribution < 1.29 is 4.79 Å². The largest absolute Gasteiger partial charge is 0.336 e. The van der Waals surface area contributed by atoms with Gasteiger partial charge >= 0.3 is 0 Å². The minimum absolute atomic E-state index is 0.0419. The van der Waals surface area contributed by atoms with Crippen LogP contribution in [-0.2, 0) is 0 Å². The molecule has 1 amide bonds. The lowest BCUT2D eigenvalue weighted by atomic mass is 9.95.